The molecule has 0 aliphatic heterocycles. The minimum Gasteiger partial charge on any atom is -0.497 e. The molecule has 0 aliphatic carbocycles. The molecule has 1 heterocycles. The first-order valence-electron chi connectivity index (χ1n) is 10.6. The number of esters is 1. The van der Waals surface area contributed by atoms with Gasteiger partial charge >= 0.3 is 12.1 Å². The van der Waals surface area contributed by atoms with E-state index >= 15 is 0 Å². The van der Waals surface area contributed by atoms with Crippen molar-refractivity contribution in [1.29, 1.82) is 0 Å². The van der Waals surface area contributed by atoms with Gasteiger partial charge in [-0.2, -0.15) is 0 Å². The molecule has 176 valence electrons. The van der Waals surface area contributed by atoms with E-state index in [-0.39, 0.29) is 13.0 Å². The molecule has 1 atom stereocenters. The number of rotatable bonds is 7. The van der Waals surface area contributed by atoms with Crippen LogP contribution in [0, 0.1) is 0 Å². The Hall–Kier alpha value is -3.52. The molecule has 0 amide bonds. The average molecular weight is 455 g/mol. The van der Waals surface area contributed by atoms with Gasteiger partial charge in [0.15, 0.2) is 0 Å². The number of fused-ring (bicyclic) bond motifs is 1. The Kier molecular flexibility index (Phi) is 7.28. The molecule has 2 aromatic carbocycles. The number of carbonyl (C=O) groups excluding carboxylic acids is 2. The third-order valence-electron chi connectivity index (χ3n) is 4.99. The monoisotopic (exact) mass is 454 g/mol. The molecule has 8 heteroatoms. The summed E-state index contributed by atoms with van der Waals surface area (Å²) in [7, 11) is 3.10. The Morgan fingerprint density at radius 2 is 1.76 bits per heavy atom. The van der Waals surface area contributed by atoms with Crippen LogP contribution < -0.4 is 15.2 Å². The van der Waals surface area contributed by atoms with Crippen LogP contribution in [0.2, 0.25) is 0 Å². The minimum atomic E-state index is -0.910. The summed E-state index contributed by atoms with van der Waals surface area (Å²) in [5, 5.41) is 0.823. The van der Waals surface area contributed by atoms with E-state index in [1.165, 1.54) is 11.7 Å². The SMILES string of the molecule is COc1ccc(COC(=O)[C@@H](N)Cc2cn(C(=O)OC(C)(C)C)c3ccccc23)c(OC)c1. The van der Waals surface area contributed by atoms with E-state index in [2.05, 4.69) is 0 Å². The third kappa shape index (κ3) is 5.84. The number of hydrogen-bond donors (Lipinski definition) is 1. The van der Waals surface area contributed by atoms with E-state index in [1.807, 2.05) is 24.3 Å². The summed E-state index contributed by atoms with van der Waals surface area (Å²) in [4.78, 5) is 25.3. The fourth-order valence-electron chi connectivity index (χ4n) is 3.42. The highest BCUT2D eigenvalue weighted by atomic mass is 16.6. The van der Waals surface area contributed by atoms with Gasteiger partial charge in [-0.1, -0.05) is 18.2 Å². The van der Waals surface area contributed by atoms with Crippen LogP contribution in [0.1, 0.15) is 31.9 Å². The van der Waals surface area contributed by atoms with Gasteiger partial charge in [-0.15, -0.1) is 0 Å². The molecule has 0 unspecified atom stereocenters. The summed E-state index contributed by atoms with van der Waals surface area (Å²) in [6.07, 6.45) is 1.38. The lowest BCUT2D eigenvalue weighted by Crippen LogP contribution is -2.34. The zero-order chi connectivity index (χ0) is 24.2. The highest BCUT2D eigenvalue weighted by Gasteiger charge is 2.23. The number of carbonyl (C=O) groups is 2. The molecule has 0 radical (unpaired) electrons. The van der Waals surface area contributed by atoms with Gasteiger partial charge < -0.3 is 24.7 Å². The van der Waals surface area contributed by atoms with Gasteiger partial charge in [-0.05, 0) is 44.5 Å². The van der Waals surface area contributed by atoms with Crippen molar-refractivity contribution >= 4 is 23.0 Å². The predicted molar refractivity (Wildman–Crippen MR) is 125 cm³/mol. The van der Waals surface area contributed by atoms with Gasteiger partial charge in [0.05, 0.1) is 19.7 Å². The van der Waals surface area contributed by atoms with E-state index in [0.717, 1.165) is 10.9 Å². The average Bonchev–Trinajstić information content (AvgIpc) is 3.14. The summed E-state index contributed by atoms with van der Waals surface area (Å²) in [6.45, 7) is 5.43. The van der Waals surface area contributed by atoms with Crippen molar-refractivity contribution in [3.05, 3.63) is 59.8 Å². The van der Waals surface area contributed by atoms with Gasteiger partial charge in [-0.3, -0.25) is 9.36 Å². The zero-order valence-electron chi connectivity index (χ0n) is 19.6. The van der Waals surface area contributed by atoms with E-state index < -0.39 is 23.7 Å². The number of hydrogen-bond acceptors (Lipinski definition) is 7. The number of ether oxygens (including phenoxy) is 4. The van der Waals surface area contributed by atoms with E-state index in [4.69, 9.17) is 24.7 Å². The van der Waals surface area contributed by atoms with Crippen LogP contribution in [-0.4, -0.2) is 42.5 Å². The highest BCUT2D eigenvalue weighted by Crippen LogP contribution is 2.26. The summed E-state index contributed by atoms with van der Waals surface area (Å²) in [5.41, 5.74) is 7.66. The maximum absolute atomic E-state index is 12.7. The number of nitrogens with two attached hydrogens (primary N) is 1. The molecule has 0 saturated heterocycles. The first-order valence-corrected chi connectivity index (χ1v) is 10.6. The van der Waals surface area contributed by atoms with E-state index in [9.17, 15) is 9.59 Å². The lowest BCUT2D eigenvalue weighted by Gasteiger charge is -2.19. The van der Waals surface area contributed by atoms with E-state index in [1.54, 1.807) is 52.3 Å². The molecule has 3 rings (SSSR count). The Bertz CT molecular complexity index is 1150. The number of para-hydroxylation sites is 1. The summed E-state index contributed by atoms with van der Waals surface area (Å²) < 4.78 is 22.9. The molecule has 0 spiro atoms. The molecule has 0 saturated carbocycles. The molecule has 0 aliphatic rings. The standard InChI is InChI=1S/C25H30N2O6/c1-25(2,3)33-24(29)27-14-17(19-8-6-7-9-21(19)27)12-20(26)23(28)32-15-16-10-11-18(30-4)13-22(16)31-5/h6-11,13-14,20H,12,15,26H2,1-5H3/t20-/m0/s1. The highest BCUT2D eigenvalue weighted by molar-refractivity contribution is 5.92. The number of benzene rings is 2. The van der Waals surface area contributed by atoms with Crippen LogP contribution in [0.5, 0.6) is 11.5 Å². The van der Waals surface area contributed by atoms with Gasteiger partial charge in [0, 0.05) is 29.6 Å². The number of nitrogens with zero attached hydrogens (tertiary/aromatic N) is 1. The molecular weight excluding hydrogens is 424 g/mol. The van der Waals surface area contributed by atoms with Crippen molar-refractivity contribution in [2.24, 2.45) is 5.73 Å². The van der Waals surface area contributed by atoms with Gasteiger partial charge in [-0.25, -0.2) is 4.79 Å². The lowest BCUT2D eigenvalue weighted by atomic mass is 10.1. The van der Waals surface area contributed by atoms with Crippen molar-refractivity contribution in [1.82, 2.24) is 4.57 Å². The smallest absolute Gasteiger partial charge is 0.419 e. The molecule has 0 bridgehead atoms. The van der Waals surface area contributed by atoms with Crippen LogP contribution in [0.25, 0.3) is 10.9 Å². The fraction of sp³-hybridized carbons (Fsp3) is 0.360. The number of aromatic nitrogens is 1. The Labute approximate surface area is 193 Å². The van der Waals surface area contributed by atoms with Crippen molar-refractivity contribution in [3.63, 3.8) is 0 Å². The fourth-order valence-corrected chi connectivity index (χ4v) is 3.42. The minimum absolute atomic E-state index is 0.0133. The van der Waals surface area contributed by atoms with Crippen LogP contribution in [0.15, 0.2) is 48.7 Å². The summed E-state index contributed by atoms with van der Waals surface area (Å²) >= 11 is 0. The predicted octanol–water partition coefficient (Wildman–Crippen LogP) is 4.05. The second-order valence-corrected chi connectivity index (χ2v) is 8.62. The van der Waals surface area contributed by atoms with Gasteiger partial charge in [0.25, 0.3) is 0 Å². The molecule has 2 N–H and O–H groups in total. The van der Waals surface area contributed by atoms with Gasteiger partial charge in [0.1, 0.15) is 29.7 Å². The Balaban J connectivity index is 1.73. The van der Waals surface area contributed by atoms with Crippen LogP contribution in [0.3, 0.4) is 0 Å². The van der Waals surface area contributed by atoms with Crippen molar-refractivity contribution < 1.29 is 28.5 Å². The number of methoxy groups -OCH3 is 2. The first kappa shape index (κ1) is 24.1. The van der Waals surface area contributed by atoms with E-state index in [0.29, 0.717) is 22.6 Å². The molecule has 0 fully saturated rings. The molecule has 3 aromatic rings. The molecule has 8 nitrogen and oxygen atoms in total. The van der Waals surface area contributed by atoms with Gasteiger partial charge in [0.2, 0.25) is 0 Å². The normalized spacial score (nSPS) is 12.3. The Morgan fingerprint density at radius 3 is 2.42 bits per heavy atom. The molecule has 1 aromatic heterocycles. The van der Waals surface area contributed by atoms with Crippen molar-refractivity contribution in [3.8, 4) is 11.5 Å². The van der Waals surface area contributed by atoms with Crippen molar-refractivity contribution in [2.75, 3.05) is 14.2 Å². The zero-order valence-corrected chi connectivity index (χ0v) is 19.6. The maximum Gasteiger partial charge on any atom is 0.419 e. The van der Waals surface area contributed by atoms with Crippen LogP contribution >= 0.6 is 0 Å². The summed E-state index contributed by atoms with van der Waals surface area (Å²) in [6, 6.07) is 11.7. The second-order valence-electron chi connectivity index (χ2n) is 8.62. The molecule has 33 heavy (non-hydrogen) atoms. The quantitative estimate of drug-likeness (QED) is 0.537. The topological polar surface area (TPSA) is 102 Å². The lowest BCUT2D eigenvalue weighted by molar-refractivity contribution is -0.146. The third-order valence-corrected chi connectivity index (χ3v) is 4.99. The Morgan fingerprint density at radius 1 is 1.03 bits per heavy atom. The molecular formula is C25H30N2O6. The summed E-state index contributed by atoms with van der Waals surface area (Å²) in [5.74, 6) is 0.637. The van der Waals surface area contributed by atoms with Crippen LogP contribution in [0.4, 0.5) is 4.79 Å². The first-order chi connectivity index (χ1) is 15.6. The maximum atomic E-state index is 12.7. The largest absolute Gasteiger partial charge is 0.497 e. The van der Waals surface area contributed by atoms with Crippen molar-refractivity contribution in [2.45, 2.75) is 45.4 Å². The van der Waals surface area contributed by atoms with Crippen LogP contribution in [-0.2, 0) is 27.3 Å². The second kappa shape index (κ2) is 9.95.